The first kappa shape index (κ1) is 39.5. The highest BCUT2D eigenvalue weighted by Gasteiger charge is 2.44. The van der Waals surface area contributed by atoms with Gasteiger partial charge in [-0.2, -0.15) is 0 Å². The van der Waals surface area contributed by atoms with Crippen molar-refractivity contribution in [3.8, 4) is 0 Å². The van der Waals surface area contributed by atoms with Crippen LogP contribution in [0.3, 0.4) is 0 Å². The molecule has 0 bridgehead atoms. The monoisotopic (exact) mass is 706 g/mol. The third kappa shape index (κ3) is 11.9. The van der Waals surface area contributed by atoms with E-state index < -0.39 is 47.9 Å². The first-order chi connectivity index (χ1) is 24.9. The number of rotatable bonds is 17. The van der Waals surface area contributed by atoms with E-state index in [4.69, 9.17) is 18.9 Å². The van der Waals surface area contributed by atoms with Gasteiger partial charge in [0, 0.05) is 0 Å². The van der Waals surface area contributed by atoms with E-state index in [2.05, 4.69) is 27.7 Å². The highest BCUT2D eigenvalue weighted by atomic mass is 16.6. The Morgan fingerprint density at radius 1 is 0.423 bits per heavy atom. The predicted octanol–water partition coefficient (Wildman–Crippen LogP) is 8.30. The number of esters is 4. The Balaban J connectivity index is 1.63. The van der Waals surface area contributed by atoms with Gasteiger partial charge in [0.1, 0.15) is 13.2 Å². The van der Waals surface area contributed by atoms with Gasteiger partial charge in [-0.25, -0.2) is 9.59 Å². The average molecular weight is 707 g/mol. The zero-order chi connectivity index (χ0) is 37.6. The summed E-state index contributed by atoms with van der Waals surface area (Å²) in [6.45, 7) is 11.5. The maximum atomic E-state index is 13.8. The van der Waals surface area contributed by atoms with E-state index in [-0.39, 0.29) is 13.2 Å². The number of ether oxygens (including phenoxy) is 4. The normalized spacial score (nSPS) is 13.5. The summed E-state index contributed by atoms with van der Waals surface area (Å²) in [6.07, 6.45) is -2.14. The molecular weight excluding hydrogens is 656 g/mol. The molecule has 0 saturated heterocycles. The van der Waals surface area contributed by atoms with E-state index in [1.54, 1.807) is 62.4 Å². The molecule has 0 aliphatic rings. The summed E-state index contributed by atoms with van der Waals surface area (Å²) in [5.74, 6) is -4.44. The van der Waals surface area contributed by atoms with Crippen LogP contribution in [0, 0.1) is 11.8 Å². The minimum absolute atomic E-state index is 0.167. The first-order valence-electron chi connectivity index (χ1n) is 17.9. The Morgan fingerprint density at radius 2 is 0.750 bits per heavy atom. The van der Waals surface area contributed by atoms with Gasteiger partial charge < -0.3 is 18.9 Å². The van der Waals surface area contributed by atoms with Crippen LogP contribution in [0.4, 0.5) is 0 Å². The van der Waals surface area contributed by atoms with Crippen LogP contribution in [-0.4, -0.2) is 36.1 Å². The second-order valence-electron chi connectivity index (χ2n) is 14.0. The third-order valence-corrected chi connectivity index (χ3v) is 8.63. The molecule has 0 spiro atoms. The fourth-order valence-electron chi connectivity index (χ4n) is 5.64. The average Bonchev–Trinajstić information content (AvgIpc) is 3.14. The van der Waals surface area contributed by atoms with Crippen LogP contribution in [0.1, 0.15) is 86.8 Å². The van der Waals surface area contributed by atoms with Crippen molar-refractivity contribution in [1.29, 1.82) is 0 Å². The van der Waals surface area contributed by atoms with Gasteiger partial charge in [0.15, 0.2) is 0 Å². The van der Waals surface area contributed by atoms with E-state index in [1.807, 2.05) is 60.7 Å². The van der Waals surface area contributed by atoms with Crippen molar-refractivity contribution in [2.45, 2.75) is 91.6 Å². The zero-order valence-electron chi connectivity index (χ0n) is 31.0. The van der Waals surface area contributed by atoms with Crippen molar-refractivity contribution in [3.63, 3.8) is 0 Å². The van der Waals surface area contributed by atoms with Gasteiger partial charge in [0.2, 0.25) is 12.2 Å². The van der Waals surface area contributed by atoms with Crippen LogP contribution in [0.15, 0.2) is 109 Å². The lowest BCUT2D eigenvalue weighted by molar-refractivity contribution is -0.193. The summed E-state index contributed by atoms with van der Waals surface area (Å²) >= 11 is 0. The first-order valence-corrected chi connectivity index (χ1v) is 17.9. The Morgan fingerprint density at radius 3 is 1.06 bits per heavy atom. The standard InChI is InChI=1S/C44H50O8/c1-29(2)25-33-17-21-37(22-18-33)31(5)41(45)51-39(43(47)49-27-35-13-9-7-10-14-35)40(44(48)50-28-36-15-11-8-12-16-36)52-42(46)32(6)38-23-19-34(20-24-38)26-30(3)4/h7-24,29-32,39-40H,25-28H2,1-6H3. The summed E-state index contributed by atoms with van der Waals surface area (Å²) in [5, 5.41) is 0. The highest BCUT2D eigenvalue weighted by molar-refractivity contribution is 5.91. The molecule has 4 aromatic carbocycles. The lowest BCUT2D eigenvalue weighted by atomic mass is 9.96. The molecule has 0 saturated carbocycles. The fourth-order valence-corrected chi connectivity index (χ4v) is 5.64. The number of hydrogen-bond donors (Lipinski definition) is 0. The molecule has 0 radical (unpaired) electrons. The minimum Gasteiger partial charge on any atom is -0.458 e. The number of hydrogen-bond acceptors (Lipinski definition) is 8. The van der Waals surface area contributed by atoms with E-state index >= 15 is 0 Å². The van der Waals surface area contributed by atoms with Gasteiger partial charge in [-0.1, -0.05) is 137 Å². The molecule has 274 valence electrons. The molecule has 4 aromatic rings. The molecule has 0 heterocycles. The predicted molar refractivity (Wildman–Crippen MR) is 199 cm³/mol. The van der Waals surface area contributed by atoms with Crippen LogP contribution < -0.4 is 0 Å². The second-order valence-corrected chi connectivity index (χ2v) is 14.0. The SMILES string of the molecule is CC(C)Cc1ccc(C(C)C(=O)OC(C(=O)OCc2ccccc2)C(OC(=O)C(C)c2ccc(CC(C)C)cc2)C(=O)OCc2ccccc2)cc1. The number of benzene rings is 4. The van der Waals surface area contributed by atoms with Crippen LogP contribution >= 0.6 is 0 Å². The molecule has 0 amide bonds. The molecule has 8 heteroatoms. The van der Waals surface area contributed by atoms with Crippen LogP contribution in [0.2, 0.25) is 0 Å². The number of carbonyl (C=O) groups excluding carboxylic acids is 4. The molecule has 0 fully saturated rings. The molecular formula is C44H50O8. The Kier molecular flexibility index (Phi) is 14.7. The van der Waals surface area contributed by atoms with Gasteiger partial charge >= 0.3 is 23.9 Å². The summed E-state index contributed by atoms with van der Waals surface area (Å²) in [4.78, 5) is 55.1. The van der Waals surface area contributed by atoms with Crippen molar-refractivity contribution < 1.29 is 38.1 Å². The quantitative estimate of drug-likeness (QED) is 0.0798. The van der Waals surface area contributed by atoms with Crippen molar-refractivity contribution in [2.24, 2.45) is 11.8 Å². The summed E-state index contributed by atoms with van der Waals surface area (Å²) in [7, 11) is 0. The van der Waals surface area contributed by atoms with Crippen molar-refractivity contribution in [1.82, 2.24) is 0 Å². The molecule has 0 aromatic heterocycles. The maximum absolute atomic E-state index is 13.8. The van der Waals surface area contributed by atoms with Gasteiger partial charge in [0.05, 0.1) is 11.8 Å². The fraction of sp³-hybridized carbons (Fsp3) is 0.364. The van der Waals surface area contributed by atoms with Gasteiger partial charge in [-0.3, -0.25) is 9.59 Å². The van der Waals surface area contributed by atoms with Crippen LogP contribution in [-0.2, 0) is 64.2 Å². The maximum Gasteiger partial charge on any atom is 0.352 e. The largest absolute Gasteiger partial charge is 0.458 e. The molecule has 4 rings (SSSR count). The van der Waals surface area contributed by atoms with Gasteiger partial charge in [0.25, 0.3) is 0 Å². The second kappa shape index (κ2) is 19.4. The lowest BCUT2D eigenvalue weighted by Crippen LogP contribution is -2.48. The van der Waals surface area contributed by atoms with Crippen molar-refractivity contribution in [3.05, 3.63) is 143 Å². The summed E-state index contributed by atoms with van der Waals surface area (Å²) < 4.78 is 22.7. The van der Waals surface area contributed by atoms with Crippen molar-refractivity contribution in [2.75, 3.05) is 0 Å². The molecule has 4 unspecified atom stereocenters. The molecule has 4 atom stereocenters. The van der Waals surface area contributed by atoms with E-state index in [0.29, 0.717) is 34.1 Å². The van der Waals surface area contributed by atoms with Crippen LogP contribution in [0.25, 0.3) is 0 Å². The Hall–Kier alpha value is -5.24. The van der Waals surface area contributed by atoms with E-state index in [1.165, 1.54) is 0 Å². The van der Waals surface area contributed by atoms with Crippen LogP contribution in [0.5, 0.6) is 0 Å². The van der Waals surface area contributed by atoms with Crippen molar-refractivity contribution >= 4 is 23.9 Å². The van der Waals surface area contributed by atoms with Gasteiger partial charge in [-0.05, 0) is 71.9 Å². The topological polar surface area (TPSA) is 105 Å². The van der Waals surface area contributed by atoms with Gasteiger partial charge in [-0.15, -0.1) is 0 Å². The highest BCUT2D eigenvalue weighted by Crippen LogP contribution is 2.25. The molecule has 0 N–H and O–H groups in total. The lowest BCUT2D eigenvalue weighted by Gasteiger charge is -2.26. The Labute approximate surface area is 307 Å². The van der Waals surface area contributed by atoms with E-state index in [9.17, 15) is 19.2 Å². The smallest absolute Gasteiger partial charge is 0.352 e. The Bertz CT molecular complexity index is 1600. The molecule has 0 aliphatic carbocycles. The van der Waals surface area contributed by atoms with E-state index in [0.717, 1.165) is 24.0 Å². The zero-order valence-corrected chi connectivity index (χ0v) is 31.0. The molecule has 52 heavy (non-hydrogen) atoms. The third-order valence-electron chi connectivity index (χ3n) is 8.63. The number of carbonyl (C=O) groups is 4. The molecule has 0 aliphatic heterocycles. The minimum atomic E-state index is -1.95. The molecule has 8 nitrogen and oxygen atoms in total. The summed E-state index contributed by atoms with van der Waals surface area (Å²) in [5.41, 5.74) is 4.90. The summed E-state index contributed by atoms with van der Waals surface area (Å²) in [6, 6.07) is 33.0.